The fraction of sp³-hybridized carbons (Fsp3) is 0.167. The van der Waals surface area contributed by atoms with Crippen LogP contribution in [-0.4, -0.2) is 28.9 Å². The van der Waals surface area contributed by atoms with Crippen molar-refractivity contribution < 1.29 is 9.53 Å². The fourth-order valence-corrected chi connectivity index (χ4v) is 2.78. The van der Waals surface area contributed by atoms with Crippen LogP contribution in [0.3, 0.4) is 0 Å². The van der Waals surface area contributed by atoms with E-state index in [-0.39, 0.29) is 5.91 Å². The lowest BCUT2D eigenvalue weighted by Crippen LogP contribution is -2.17. The number of hydrogen-bond donors (Lipinski definition) is 2. The Bertz CT molecular complexity index is 838. The van der Waals surface area contributed by atoms with Crippen molar-refractivity contribution in [3.8, 4) is 16.3 Å². The summed E-state index contributed by atoms with van der Waals surface area (Å²) in [6, 6.07) is 13.1. The summed E-state index contributed by atoms with van der Waals surface area (Å²) in [6.45, 7) is 2.76. The monoisotopic (exact) mass is 354 g/mol. The van der Waals surface area contributed by atoms with Gasteiger partial charge in [-0.2, -0.15) is 10.2 Å². The molecule has 1 aromatic carbocycles. The number of amides is 1. The highest BCUT2D eigenvalue weighted by Crippen LogP contribution is 2.22. The molecule has 1 amide bonds. The molecule has 0 aliphatic rings. The van der Waals surface area contributed by atoms with Crippen LogP contribution in [0, 0.1) is 0 Å². The molecule has 0 aliphatic heterocycles. The summed E-state index contributed by atoms with van der Waals surface area (Å²) in [7, 11) is 0. The molecule has 0 spiro atoms. The maximum absolute atomic E-state index is 12.1. The van der Waals surface area contributed by atoms with Gasteiger partial charge in [-0.05, 0) is 53.8 Å². The second-order valence-electron chi connectivity index (χ2n) is 5.26. The number of hydrazone groups is 1. The third kappa shape index (κ3) is 4.54. The van der Waals surface area contributed by atoms with Crippen molar-refractivity contribution in [3.05, 3.63) is 59.1 Å². The lowest BCUT2D eigenvalue weighted by Gasteiger charge is -2.03. The van der Waals surface area contributed by atoms with Gasteiger partial charge in [-0.1, -0.05) is 13.0 Å². The first-order valence-corrected chi connectivity index (χ1v) is 8.80. The average Bonchev–Trinajstić information content (AvgIpc) is 3.32. The molecule has 0 radical (unpaired) electrons. The van der Waals surface area contributed by atoms with Gasteiger partial charge >= 0.3 is 0 Å². The standard InChI is InChI=1S/C18H18N4O2S/c1-2-9-24-14-7-5-13(6-8-14)12-19-22-18(23)16-11-15(20-21-16)17-4-3-10-25-17/h3-8,10-12H,2,9H2,1H3,(H,20,21)(H,22,23). The van der Waals surface area contributed by atoms with E-state index >= 15 is 0 Å². The smallest absolute Gasteiger partial charge is 0.291 e. The van der Waals surface area contributed by atoms with Gasteiger partial charge in [0.1, 0.15) is 5.75 Å². The number of benzene rings is 1. The molecule has 0 unspecified atom stereocenters. The number of ether oxygens (including phenoxy) is 1. The van der Waals surface area contributed by atoms with Crippen LogP contribution in [0.5, 0.6) is 5.75 Å². The second-order valence-corrected chi connectivity index (χ2v) is 6.21. The van der Waals surface area contributed by atoms with Gasteiger partial charge in [-0.25, -0.2) is 5.43 Å². The lowest BCUT2D eigenvalue weighted by atomic mass is 10.2. The highest BCUT2D eigenvalue weighted by atomic mass is 32.1. The summed E-state index contributed by atoms with van der Waals surface area (Å²) < 4.78 is 5.52. The minimum Gasteiger partial charge on any atom is -0.494 e. The van der Waals surface area contributed by atoms with Crippen molar-refractivity contribution in [1.29, 1.82) is 0 Å². The molecule has 0 fully saturated rings. The Morgan fingerprint density at radius 1 is 1.36 bits per heavy atom. The Kier molecular flexibility index (Phi) is 5.58. The normalized spacial score (nSPS) is 10.9. The van der Waals surface area contributed by atoms with Crippen LogP contribution in [-0.2, 0) is 0 Å². The van der Waals surface area contributed by atoms with E-state index in [1.807, 2.05) is 41.8 Å². The summed E-state index contributed by atoms with van der Waals surface area (Å²) >= 11 is 1.58. The molecule has 128 valence electrons. The van der Waals surface area contributed by atoms with E-state index in [0.29, 0.717) is 12.3 Å². The van der Waals surface area contributed by atoms with Crippen LogP contribution in [0.2, 0.25) is 0 Å². The zero-order chi connectivity index (χ0) is 17.5. The third-order valence-electron chi connectivity index (χ3n) is 3.33. The maximum atomic E-state index is 12.1. The Labute approximate surface area is 149 Å². The lowest BCUT2D eigenvalue weighted by molar-refractivity contribution is 0.0950. The molecule has 0 atom stereocenters. The van der Waals surface area contributed by atoms with Gasteiger partial charge in [0.25, 0.3) is 5.91 Å². The first-order valence-electron chi connectivity index (χ1n) is 7.92. The summed E-state index contributed by atoms with van der Waals surface area (Å²) in [4.78, 5) is 13.1. The predicted octanol–water partition coefficient (Wildman–Crippen LogP) is 3.69. The molecular weight excluding hydrogens is 336 g/mol. The van der Waals surface area contributed by atoms with Crippen molar-refractivity contribution in [1.82, 2.24) is 15.6 Å². The number of thiophene rings is 1. The highest BCUT2D eigenvalue weighted by Gasteiger charge is 2.11. The number of nitrogens with one attached hydrogen (secondary N) is 2. The SMILES string of the molecule is CCCOc1ccc(C=NNC(=O)c2cc(-c3cccs3)[nH]n2)cc1. The molecule has 2 heterocycles. The van der Waals surface area contributed by atoms with Gasteiger partial charge in [-0.15, -0.1) is 11.3 Å². The first-order chi connectivity index (χ1) is 12.3. The van der Waals surface area contributed by atoms with E-state index in [0.717, 1.165) is 28.3 Å². The van der Waals surface area contributed by atoms with Crippen molar-refractivity contribution >= 4 is 23.5 Å². The number of rotatable bonds is 7. The number of nitrogens with zero attached hydrogens (tertiary/aromatic N) is 2. The third-order valence-corrected chi connectivity index (χ3v) is 4.23. The Hall–Kier alpha value is -2.93. The Morgan fingerprint density at radius 3 is 2.92 bits per heavy atom. The molecule has 0 aliphatic carbocycles. The molecule has 2 N–H and O–H groups in total. The van der Waals surface area contributed by atoms with Crippen molar-refractivity contribution in [2.24, 2.45) is 5.10 Å². The molecule has 0 bridgehead atoms. The van der Waals surface area contributed by atoms with E-state index in [4.69, 9.17) is 4.74 Å². The zero-order valence-electron chi connectivity index (χ0n) is 13.7. The van der Waals surface area contributed by atoms with Crippen molar-refractivity contribution in [3.63, 3.8) is 0 Å². The van der Waals surface area contributed by atoms with E-state index in [2.05, 4.69) is 27.6 Å². The number of hydrogen-bond acceptors (Lipinski definition) is 5. The van der Waals surface area contributed by atoms with Crippen LogP contribution < -0.4 is 10.2 Å². The largest absolute Gasteiger partial charge is 0.494 e. The minimum atomic E-state index is -0.363. The van der Waals surface area contributed by atoms with Crippen LogP contribution in [0.4, 0.5) is 0 Å². The van der Waals surface area contributed by atoms with Gasteiger partial charge in [0.15, 0.2) is 5.69 Å². The van der Waals surface area contributed by atoms with Gasteiger partial charge in [0.2, 0.25) is 0 Å². The molecule has 3 aromatic rings. The number of carbonyl (C=O) groups is 1. The van der Waals surface area contributed by atoms with Gasteiger partial charge in [0, 0.05) is 0 Å². The number of H-pyrrole nitrogens is 1. The molecule has 7 heteroatoms. The molecular formula is C18H18N4O2S. The van der Waals surface area contributed by atoms with Gasteiger partial charge in [0.05, 0.1) is 23.4 Å². The molecule has 6 nitrogen and oxygen atoms in total. The molecule has 3 rings (SSSR count). The Morgan fingerprint density at radius 2 is 2.20 bits per heavy atom. The fourth-order valence-electron chi connectivity index (χ4n) is 2.09. The van der Waals surface area contributed by atoms with E-state index in [1.54, 1.807) is 23.6 Å². The molecule has 25 heavy (non-hydrogen) atoms. The van der Waals surface area contributed by atoms with Crippen LogP contribution in [0.15, 0.2) is 52.9 Å². The quantitative estimate of drug-likeness (QED) is 0.502. The summed E-state index contributed by atoms with van der Waals surface area (Å²) in [5.74, 6) is 0.457. The molecule has 0 saturated carbocycles. The summed E-state index contributed by atoms with van der Waals surface area (Å²) in [6.07, 6.45) is 2.55. The van der Waals surface area contributed by atoms with E-state index in [1.165, 1.54) is 0 Å². The molecule has 0 saturated heterocycles. The summed E-state index contributed by atoms with van der Waals surface area (Å²) in [5, 5.41) is 12.8. The van der Waals surface area contributed by atoms with E-state index < -0.39 is 0 Å². The number of aromatic nitrogens is 2. The van der Waals surface area contributed by atoms with Gasteiger partial charge < -0.3 is 4.74 Å². The van der Waals surface area contributed by atoms with Crippen LogP contribution in [0.1, 0.15) is 29.4 Å². The van der Waals surface area contributed by atoms with Crippen LogP contribution in [0.25, 0.3) is 10.6 Å². The van der Waals surface area contributed by atoms with Crippen LogP contribution >= 0.6 is 11.3 Å². The second kappa shape index (κ2) is 8.25. The zero-order valence-corrected chi connectivity index (χ0v) is 14.5. The van der Waals surface area contributed by atoms with Crippen molar-refractivity contribution in [2.45, 2.75) is 13.3 Å². The van der Waals surface area contributed by atoms with E-state index in [9.17, 15) is 4.79 Å². The highest BCUT2D eigenvalue weighted by molar-refractivity contribution is 7.13. The number of aromatic amines is 1. The Balaban J connectivity index is 1.56. The summed E-state index contributed by atoms with van der Waals surface area (Å²) in [5.41, 5.74) is 4.45. The first kappa shape index (κ1) is 16.9. The number of carbonyl (C=O) groups excluding carboxylic acids is 1. The van der Waals surface area contributed by atoms with Crippen molar-refractivity contribution in [2.75, 3.05) is 6.61 Å². The average molecular weight is 354 g/mol. The topological polar surface area (TPSA) is 79.4 Å². The minimum absolute atomic E-state index is 0.295. The molecule has 2 aromatic heterocycles. The van der Waals surface area contributed by atoms with Gasteiger partial charge in [-0.3, -0.25) is 9.89 Å². The predicted molar refractivity (Wildman–Crippen MR) is 99.2 cm³/mol. The maximum Gasteiger partial charge on any atom is 0.291 e.